The molecular weight excluding hydrogens is 186 g/mol. The van der Waals surface area contributed by atoms with Crippen LogP contribution in [0.15, 0.2) is 0 Å². The van der Waals surface area contributed by atoms with E-state index in [0.717, 1.165) is 6.54 Å². The fraction of sp³-hybridized carbons (Fsp3) is 0.917. The molecule has 0 atom stereocenters. The van der Waals surface area contributed by atoms with Gasteiger partial charge in [0.25, 0.3) is 0 Å². The molecule has 0 aromatic rings. The van der Waals surface area contributed by atoms with Gasteiger partial charge in [-0.3, -0.25) is 5.41 Å². The lowest BCUT2D eigenvalue weighted by Crippen LogP contribution is -2.49. The molecule has 0 heterocycles. The largest absolute Gasteiger partial charge is 0.346 e. The third-order valence-corrected chi connectivity index (χ3v) is 2.36. The Balaban J connectivity index is 4.50. The van der Waals surface area contributed by atoms with Crippen LogP contribution < -0.4 is 0 Å². The fourth-order valence-electron chi connectivity index (χ4n) is 1.92. The topological polar surface area (TPSA) is 30.3 Å². The van der Waals surface area contributed by atoms with Gasteiger partial charge in [0.05, 0.1) is 0 Å². The van der Waals surface area contributed by atoms with Crippen molar-refractivity contribution in [2.24, 2.45) is 5.92 Å². The summed E-state index contributed by atoms with van der Waals surface area (Å²) in [6.07, 6.45) is 0. The third kappa shape index (κ3) is 4.54. The molecule has 0 aliphatic heterocycles. The molecule has 3 nitrogen and oxygen atoms in total. The van der Waals surface area contributed by atoms with Gasteiger partial charge in [-0.25, -0.2) is 0 Å². The van der Waals surface area contributed by atoms with E-state index in [1.807, 2.05) is 11.9 Å². The van der Waals surface area contributed by atoms with Crippen LogP contribution >= 0.6 is 0 Å². The molecule has 0 aromatic carbocycles. The van der Waals surface area contributed by atoms with Crippen LogP contribution in [0.25, 0.3) is 0 Å². The van der Waals surface area contributed by atoms with Crippen molar-refractivity contribution in [2.45, 2.75) is 53.6 Å². The van der Waals surface area contributed by atoms with Crippen LogP contribution in [0.5, 0.6) is 0 Å². The highest BCUT2D eigenvalue weighted by molar-refractivity contribution is 5.77. The predicted molar refractivity (Wildman–Crippen MR) is 67.3 cm³/mol. The van der Waals surface area contributed by atoms with Crippen molar-refractivity contribution in [2.75, 3.05) is 13.6 Å². The molecule has 0 bridgehead atoms. The van der Waals surface area contributed by atoms with Crippen molar-refractivity contribution >= 4 is 5.96 Å². The van der Waals surface area contributed by atoms with Gasteiger partial charge in [-0.05, 0) is 33.6 Å². The Labute approximate surface area is 95.0 Å². The maximum absolute atomic E-state index is 8.16. The Morgan fingerprint density at radius 2 is 1.40 bits per heavy atom. The molecule has 0 aliphatic rings. The summed E-state index contributed by atoms with van der Waals surface area (Å²) in [5.74, 6) is 1.23. The van der Waals surface area contributed by atoms with Gasteiger partial charge in [-0.2, -0.15) is 0 Å². The quantitative estimate of drug-likeness (QED) is 0.575. The lowest BCUT2D eigenvalue weighted by Gasteiger charge is -2.37. The molecule has 0 fully saturated rings. The number of nitrogens with one attached hydrogen (secondary N) is 1. The standard InChI is InChI=1S/C12H27N3/c1-9(2)8-14(7)12(13)15(10(3)4)11(5)6/h9-11,13H,8H2,1-7H3. The maximum atomic E-state index is 8.16. The monoisotopic (exact) mass is 213 g/mol. The van der Waals surface area contributed by atoms with Crippen LogP contribution in [0.4, 0.5) is 0 Å². The fourth-order valence-corrected chi connectivity index (χ4v) is 1.92. The maximum Gasteiger partial charge on any atom is 0.193 e. The third-order valence-electron chi connectivity index (χ3n) is 2.36. The second-order valence-corrected chi connectivity index (χ2v) is 5.19. The van der Waals surface area contributed by atoms with Crippen molar-refractivity contribution < 1.29 is 0 Å². The van der Waals surface area contributed by atoms with Crippen LogP contribution in [-0.2, 0) is 0 Å². The Hall–Kier alpha value is -0.730. The van der Waals surface area contributed by atoms with E-state index < -0.39 is 0 Å². The zero-order valence-electron chi connectivity index (χ0n) is 11.3. The molecule has 3 heteroatoms. The highest BCUT2D eigenvalue weighted by atomic mass is 15.4. The second-order valence-electron chi connectivity index (χ2n) is 5.19. The van der Waals surface area contributed by atoms with Crippen molar-refractivity contribution in [1.29, 1.82) is 5.41 Å². The number of hydrogen-bond donors (Lipinski definition) is 1. The van der Waals surface area contributed by atoms with Crippen molar-refractivity contribution in [3.05, 3.63) is 0 Å². The van der Waals surface area contributed by atoms with Crippen molar-refractivity contribution in [3.8, 4) is 0 Å². The highest BCUT2D eigenvalue weighted by Gasteiger charge is 2.20. The van der Waals surface area contributed by atoms with E-state index in [9.17, 15) is 0 Å². The molecule has 90 valence electrons. The van der Waals surface area contributed by atoms with Crippen molar-refractivity contribution in [3.63, 3.8) is 0 Å². The van der Waals surface area contributed by atoms with Gasteiger partial charge in [0.1, 0.15) is 0 Å². The van der Waals surface area contributed by atoms with Gasteiger partial charge >= 0.3 is 0 Å². The Morgan fingerprint density at radius 3 is 1.67 bits per heavy atom. The Kier molecular flexibility index (Phi) is 5.69. The zero-order valence-corrected chi connectivity index (χ0v) is 11.3. The number of hydrogen-bond acceptors (Lipinski definition) is 1. The SMILES string of the molecule is CC(C)CN(C)C(=N)N(C(C)C)C(C)C. The summed E-state index contributed by atoms with van der Waals surface area (Å²) >= 11 is 0. The first kappa shape index (κ1) is 14.3. The number of guanidine groups is 1. The second kappa shape index (κ2) is 5.99. The summed E-state index contributed by atoms with van der Waals surface area (Å²) in [5.41, 5.74) is 0. The summed E-state index contributed by atoms with van der Waals surface area (Å²) < 4.78 is 0. The molecule has 0 amide bonds. The van der Waals surface area contributed by atoms with E-state index in [1.165, 1.54) is 0 Å². The highest BCUT2D eigenvalue weighted by Crippen LogP contribution is 2.09. The van der Waals surface area contributed by atoms with Crippen LogP contribution in [-0.4, -0.2) is 41.4 Å². The van der Waals surface area contributed by atoms with E-state index >= 15 is 0 Å². The van der Waals surface area contributed by atoms with Gasteiger partial charge in [0.15, 0.2) is 5.96 Å². The van der Waals surface area contributed by atoms with Gasteiger partial charge in [0, 0.05) is 25.7 Å². The molecule has 0 saturated carbocycles. The molecule has 0 rings (SSSR count). The molecule has 1 N–H and O–H groups in total. The minimum Gasteiger partial charge on any atom is -0.346 e. The van der Waals surface area contributed by atoms with E-state index in [4.69, 9.17) is 5.41 Å². The van der Waals surface area contributed by atoms with Gasteiger partial charge in [-0.1, -0.05) is 13.8 Å². The van der Waals surface area contributed by atoms with Crippen molar-refractivity contribution in [1.82, 2.24) is 9.80 Å². The predicted octanol–water partition coefficient (Wildman–Crippen LogP) is 2.63. The van der Waals surface area contributed by atoms with E-state index in [2.05, 4.69) is 46.4 Å². The first-order chi connectivity index (χ1) is 6.77. The molecule has 0 saturated heterocycles. The lowest BCUT2D eigenvalue weighted by atomic mass is 10.2. The molecular formula is C12H27N3. The van der Waals surface area contributed by atoms with Crippen LogP contribution in [0.2, 0.25) is 0 Å². The molecule has 0 radical (unpaired) electrons. The average Bonchev–Trinajstić information content (AvgIpc) is 2.00. The van der Waals surface area contributed by atoms with E-state index in [-0.39, 0.29) is 0 Å². The first-order valence-electron chi connectivity index (χ1n) is 5.85. The summed E-state index contributed by atoms with van der Waals surface area (Å²) in [6, 6.07) is 0.763. The molecule has 15 heavy (non-hydrogen) atoms. The summed E-state index contributed by atoms with van der Waals surface area (Å²) in [5, 5.41) is 8.16. The van der Waals surface area contributed by atoms with Crippen LogP contribution in [0.1, 0.15) is 41.5 Å². The smallest absolute Gasteiger partial charge is 0.193 e. The van der Waals surface area contributed by atoms with Gasteiger partial charge in [-0.15, -0.1) is 0 Å². The van der Waals surface area contributed by atoms with Crippen LogP contribution in [0, 0.1) is 11.3 Å². The summed E-state index contributed by atoms with van der Waals surface area (Å²) in [7, 11) is 2.00. The molecule has 0 unspecified atom stereocenters. The van der Waals surface area contributed by atoms with Crippen LogP contribution in [0.3, 0.4) is 0 Å². The minimum absolute atomic E-state index is 0.382. The molecule has 0 aliphatic carbocycles. The Bertz CT molecular complexity index is 189. The normalized spacial score (nSPS) is 11.3. The number of rotatable bonds is 4. The Morgan fingerprint density at radius 1 is 1.00 bits per heavy atom. The first-order valence-corrected chi connectivity index (χ1v) is 5.85. The van der Waals surface area contributed by atoms with E-state index in [0.29, 0.717) is 24.0 Å². The number of nitrogens with zero attached hydrogens (tertiary/aromatic N) is 2. The van der Waals surface area contributed by atoms with E-state index in [1.54, 1.807) is 0 Å². The average molecular weight is 213 g/mol. The zero-order chi connectivity index (χ0) is 12.2. The molecule has 0 aromatic heterocycles. The lowest BCUT2D eigenvalue weighted by molar-refractivity contribution is 0.243. The summed E-state index contributed by atoms with van der Waals surface area (Å²) in [6.45, 7) is 13.8. The summed E-state index contributed by atoms with van der Waals surface area (Å²) in [4.78, 5) is 4.17. The van der Waals surface area contributed by atoms with Gasteiger partial charge < -0.3 is 9.80 Å². The minimum atomic E-state index is 0.382. The molecule has 0 spiro atoms. The van der Waals surface area contributed by atoms with Gasteiger partial charge in [0.2, 0.25) is 0 Å².